The number of fused-ring (bicyclic) bond motifs is 1. The van der Waals surface area contributed by atoms with E-state index in [2.05, 4.69) is 18.2 Å². The molecule has 1 saturated carbocycles. The van der Waals surface area contributed by atoms with Crippen LogP contribution >= 0.6 is 35.0 Å². The topological polar surface area (TPSA) is 97.0 Å². The van der Waals surface area contributed by atoms with Gasteiger partial charge in [-0.2, -0.15) is 27.5 Å². The van der Waals surface area contributed by atoms with Crippen molar-refractivity contribution in [1.29, 1.82) is 15.8 Å². The number of hydrogen-bond donors (Lipinski definition) is 1. The molecule has 0 amide bonds. The van der Waals surface area contributed by atoms with Gasteiger partial charge in [0.2, 0.25) is 11.1 Å². The molecule has 2 N–H and O–H groups in total. The fraction of sp³-hybridized carbons (Fsp3) is 0.333. The average Bonchev–Trinajstić information content (AvgIpc) is 2.64. The Labute approximate surface area is 160 Å². The number of rotatable bonds is 1. The second-order valence-electron chi connectivity index (χ2n) is 6.02. The van der Waals surface area contributed by atoms with E-state index in [1.165, 1.54) is 0 Å². The van der Waals surface area contributed by atoms with E-state index < -0.39 is 17.3 Å². The zero-order valence-electron chi connectivity index (χ0n) is 13.0. The molecule has 3 rings (SSSR count). The number of hydrogen-bond acceptors (Lipinski definition) is 4. The first-order valence-corrected chi connectivity index (χ1v) is 9.49. The minimum Gasteiger partial charge on any atom is -0.258 e. The van der Waals surface area contributed by atoms with E-state index in [0.29, 0.717) is 21.4 Å². The summed E-state index contributed by atoms with van der Waals surface area (Å²) in [5, 5.41) is 36.4. The standard InChI is InChI=1S/C18H12Cl2N4S/c19-14-3-1-2-11(16(14)20)15-13-7-25-5-4-10(13)12(6-21)17(24)18(15,8-22)9-23/h1-4,12-13,15,24H,5,7H2/p+1/t12-,13+,15-/m0/s1. The Hall–Kier alpha value is -1.97. The van der Waals surface area contributed by atoms with E-state index in [4.69, 9.17) is 28.6 Å². The highest BCUT2D eigenvalue weighted by Gasteiger charge is 2.61. The lowest BCUT2D eigenvalue weighted by Gasteiger charge is -2.43. The van der Waals surface area contributed by atoms with Crippen LogP contribution in [0.4, 0.5) is 0 Å². The zero-order valence-corrected chi connectivity index (χ0v) is 15.4. The summed E-state index contributed by atoms with van der Waals surface area (Å²) in [6.07, 6.45) is 1.99. The van der Waals surface area contributed by atoms with Gasteiger partial charge in [-0.25, -0.2) is 0 Å². The van der Waals surface area contributed by atoms with Crippen LogP contribution in [0, 0.1) is 51.2 Å². The van der Waals surface area contributed by atoms with Crippen LogP contribution in [-0.2, 0) is 0 Å². The van der Waals surface area contributed by atoms with Crippen molar-refractivity contribution in [3.05, 3.63) is 45.5 Å². The minimum atomic E-state index is -1.63. The molecule has 1 fully saturated rings. The van der Waals surface area contributed by atoms with Gasteiger partial charge in [0.15, 0.2) is 0 Å². The Bertz CT molecular complexity index is 889. The first-order chi connectivity index (χ1) is 12.0. The predicted molar refractivity (Wildman–Crippen MR) is 97.8 cm³/mol. The third-order valence-corrected chi connectivity index (χ3v) is 6.76. The number of thioether (sulfide) groups is 1. The Kier molecular flexibility index (Phi) is 4.81. The Morgan fingerprint density at radius 1 is 1.20 bits per heavy atom. The largest absolute Gasteiger partial charge is 0.258 e. The van der Waals surface area contributed by atoms with Crippen LogP contribution in [0.2, 0.25) is 10.0 Å². The summed E-state index contributed by atoms with van der Waals surface area (Å²) in [5.74, 6) is -0.0160. The molecule has 0 bridgehead atoms. The first-order valence-electron chi connectivity index (χ1n) is 7.58. The normalized spacial score (nSPS) is 27.2. The Morgan fingerprint density at radius 2 is 1.92 bits per heavy atom. The lowest BCUT2D eigenvalue weighted by molar-refractivity contribution is -0.128. The summed E-state index contributed by atoms with van der Waals surface area (Å²) >= 11 is 14.3. The maximum atomic E-state index is 9.92. The van der Waals surface area contributed by atoms with E-state index in [-0.39, 0.29) is 11.6 Å². The second-order valence-corrected chi connectivity index (χ2v) is 7.88. The van der Waals surface area contributed by atoms with E-state index in [0.717, 1.165) is 11.3 Å². The maximum Gasteiger partial charge on any atom is 0.231 e. The van der Waals surface area contributed by atoms with Gasteiger partial charge in [-0.1, -0.05) is 41.4 Å². The summed E-state index contributed by atoms with van der Waals surface area (Å²) < 4.78 is 0. The van der Waals surface area contributed by atoms with E-state index in [9.17, 15) is 15.8 Å². The molecule has 1 aromatic rings. The molecule has 1 aliphatic carbocycles. The molecule has 0 aromatic heterocycles. The number of nitriles is 3. The monoisotopic (exact) mass is 387 g/mol. The third kappa shape index (κ3) is 2.54. The van der Waals surface area contributed by atoms with Crippen LogP contribution < -0.4 is 5.41 Å². The highest BCUT2D eigenvalue weighted by Crippen LogP contribution is 2.55. The molecule has 1 aliphatic heterocycles. The van der Waals surface area contributed by atoms with Gasteiger partial charge in [0.25, 0.3) is 0 Å². The van der Waals surface area contributed by atoms with Crippen LogP contribution in [0.3, 0.4) is 0 Å². The van der Waals surface area contributed by atoms with Crippen LogP contribution in [0.5, 0.6) is 0 Å². The number of allylic oxidation sites excluding steroid dienone is 1. The van der Waals surface area contributed by atoms with Gasteiger partial charge >= 0.3 is 0 Å². The minimum absolute atomic E-state index is 0.0791. The van der Waals surface area contributed by atoms with Crippen molar-refractivity contribution in [2.24, 2.45) is 17.3 Å². The molecule has 3 atom stereocenters. The van der Waals surface area contributed by atoms with Gasteiger partial charge in [0, 0.05) is 23.3 Å². The maximum absolute atomic E-state index is 9.92. The molecule has 0 spiro atoms. The van der Waals surface area contributed by atoms with Gasteiger partial charge in [-0.15, -0.1) is 0 Å². The molecule has 0 radical (unpaired) electrons. The van der Waals surface area contributed by atoms with E-state index in [1.54, 1.807) is 30.0 Å². The van der Waals surface area contributed by atoms with Gasteiger partial charge in [-0.05, 0) is 17.2 Å². The summed E-state index contributed by atoms with van der Waals surface area (Å²) in [4.78, 5) is 0. The molecule has 2 aliphatic rings. The predicted octanol–water partition coefficient (Wildman–Crippen LogP) is 2.75. The summed E-state index contributed by atoms with van der Waals surface area (Å²) in [6, 6.07) is 11.6. The fourth-order valence-corrected chi connectivity index (χ4v) is 5.27. The number of halogens is 2. The third-order valence-electron chi connectivity index (χ3n) is 4.93. The highest BCUT2D eigenvalue weighted by atomic mass is 35.5. The van der Waals surface area contributed by atoms with Gasteiger partial charge in [0.1, 0.15) is 5.92 Å². The molecule has 1 heterocycles. The van der Waals surface area contributed by atoms with Gasteiger partial charge in [-0.3, -0.25) is 5.41 Å². The first kappa shape index (κ1) is 17.8. The quantitative estimate of drug-likeness (QED) is 0.748. The van der Waals surface area contributed by atoms with Crippen molar-refractivity contribution >= 4 is 40.7 Å². The smallest absolute Gasteiger partial charge is 0.231 e. The molecular formula is C18H13Cl2N4S+. The van der Waals surface area contributed by atoms with Crippen LogP contribution in [-0.4, -0.2) is 17.2 Å². The van der Waals surface area contributed by atoms with E-state index >= 15 is 0 Å². The summed E-state index contributed by atoms with van der Waals surface area (Å²) in [7, 11) is 0. The van der Waals surface area contributed by atoms with Crippen molar-refractivity contribution in [3.8, 4) is 18.2 Å². The number of nitrogens with two attached hydrogens (primary N) is 1. The van der Waals surface area contributed by atoms with Crippen molar-refractivity contribution in [3.63, 3.8) is 0 Å². The SMILES string of the molecule is N#C[C@@H]1C(=[NH2+])C(C#N)(C#N)[C@@H](c2cccc(Cl)c2Cl)[C@@H]2CSCC=C12. The summed E-state index contributed by atoms with van der Waals surface area (Å²) in [6.45, 7) is 0. The molecule has 124 valence electrons. The molecule has 0 saturated heterocycles. The van der Waals surface area contributed by atoms with Crippen molar-refractivity contribution < 1.29 is 5.41 Å². The molecule has 1 aromatic carbocycles. The van der Waals surface area contributed by atoms with Crippen molar-refractivity contribution in [2.45, 2.75) is 5.92 Å². The lowest BCUT2D eigenvalue weighted by atomic mass is 9.55. The van der Waals surface area contributed by atoms with Crippen LogP contribution in [0.1, 0.15) is 11.5 Å². The highest BCUT2D eigenvalue weighted by molar-refractivity contribution is 7.99. The van der Waals surface area contributed by atoms with E-state index in [1.807, 2.05) is 6.08 Å². The second kappa shape index (κ2) is 6.74. The van der Waals surface area contributed by atoms with Crippen molar-refractivity contribution in [1.82, 2.24) is 0 Å². The molecule has 7 heteroatoms. The Morgan fingerprint density at radius 3 is 2.56 bits per heavy atom. The molecule has 0 unspecified atom stereocenters. The van der Waals surface area contributed by atoms with Gasteiger partial charge in [0.05, 0.1) is 28.3 Å². The number of nitrogens with zero attached hydrogens (tertiary/aromatic N) is 3. The lowest BCUT2D eigenvalue weighted by Crippen LogP contribution is -2.61. The number of benzene rings is 1. The summed E-state index contributed by atoms with van der Waals surface area (Å²) in [5.41, 5.74) is -0.0550. The molecule has 25 heavy (non-hydrogen) atoms. The van der Waals surface area contributed by atoms with Crippen molar-refractivity contribution in [2.75, 3.05) is 11.5 Å². The fourth-order valence-electron chi connectivity index (χ4n) is 3.75. The zero-order chi connectivity index (χ0) is 18.2. The molecular weight excluding hydrogens is 375 g/mol. The Balaban J connectivity index is 2.32. The van der Waals surface area contributed by atoms with Crippen LogP contribution in [0.15, 0.2) is 29.8 Å². The average molecular weight is 388 g/mol. The van der Waals surface area contributed by atoms with Gasteiger partial charge < -0.3 is 0 Å². The van der Waals surface area contributed by atoms with Crippen LogP contribution in [0.25, 0.3) is 0 Å². The molecule has 4 nitrogen and oxygen atoms in total.